The van der Waals surface area contributed by atoms with Gasteiger partial charge in [-0.25, -0.2) is 4.98 Å². The molecular weight excluding hydrogens is 830 g/mol. The Morgan fingerprint density at radius 1 is 0.820 bits per heavy atom. The van der Waals surface area contributed by atoms with Gasteiger partial charge in [0.25, 0.3) is 0 Å². The van der Waals surface area contributed by atoms with Gasteiger partial charge in [-0.2, -0.15) is 5.26 Å². The normalized spacial score (nSPS) is 18.2. The largest absolute Gasteiger partial charge is 0.488 e. The summed E-state index contributed by atoms with van der Waals surface area (Å²) in [7, 11) is 0. The molecule has 2 fully saturated rings. The number of carbonyl (C=O) groups excluding carboxylic acids is 2. The van der Waals surface area contributed by atoms with Gasteiger partial charge in [-0.1, -0.05) is 65.7 Å². The zero-order valence-electron chi connectivity index (χ0n) is 33.2. The summed E-state index contributed by atoms with van der Waals surface area (Å²) in [6.45, 7) is 2.65. The van der Waals surface area contributed by atoms with Crippen molar-refractivity contribution in [2.75, 3.05) is 13.1 Å². The molecule has 6 aromatic rings. The predicted molar refractivity (Wildman–Crippen MR) is 238 cm³/mol. The number of ether oxygens (including phenoxy) is 2. The van der Waals surface area contributed by atoms with Gasteiger partial charge in [0.05, 0.1) is 25.8 Å². The highest BCUT2D eigenvalue weighted by atomic mass is 35.5. The van der Waals surface area contributed by atoms with E-state index in [0.717, 1.165) is 86.4 Å². The smallest absolute Gasteiger partial charge is 0.220 e. The van der Waals surface area contributed by atoms with E-state index in [9.17, 15) is 14.9 Å². The SMILES string of the molecule is N#Cc1cncc(COc2cc(O[C@H]3CCc4c(-c5cccc(-c6ccc7sc(CNC[C@@H]8CCC(=O)N8)nc7c6)c5Cl)cccc43)c(Cl)cc2CNC[C@@H]2CCC(=O)N2)c1. The van der Waals surface area contributed by atoms with Crippen molar-refractivity contribution >= 4 is 56.6 Å². The third kappa shape index (κ3) is 9.22. The number of rotatable bonds is 15. The summed E-state index contributed by atoms with van der Waals surface area (Å²) in [5.41, 5.74) is 9.22. The zero-order valence-corrected chi connectivity index (χ0v) is 35.6. The van der Waals surface area contributed by atoms with E-state index in [1.165, 1.54) is 11.8 Å². The maximum Gasteiger partial charge on any atom is 0.220 e. The summed E-state index contributed by atoms with van der Waals surface area (Å²) in [6.07, 6.45) is 7.29. The number of thiazole rings is 1. The molecule has 61 heavy (non-hydrogen) atoms. The number of aromatic nitrogens is 2. The molecule has 310 valence electrons. The van der Waals surface area contributed by atoms with Gasteiger partial charge in [0.2, 0.25) is 11.8 Å². The second-order valence-electron chi connectivity index (χ2n) is 15.7. The van der Waals surface area contributed by atoms with Crippen molar-refractivity contribution < 1.29 is 19.1 Å². The lowest BCUT2D eigenvalue weighted by Gasteiger charge is -2.20. The van der Waals surface area contributed by atoms with Crippen LogP contribution in [-0.2, 0) is 35.7 Å². The second kappa shape index (κ2) is 18.2. The van der Waals surface area contributed by atoms with Gasteiger partial charge in [0, 0.05) is 91.8 Å². The monoisotopic (exact) mass is 871 g/mol. The van der Waals surface area contributed by atoms with Crippen molar-refractivity contribution in [1.82, 2.24) is 31.2 Å². The number of benzene rings is 4. The quantitative estimate of drug-likeness (QED) is 0.0796. The number of fused-ring (bicyclic) bond motifs is 2. The van der Waals surface area contributed by atoms with Crippen molar-refractivity contribution in [2.24, 2.45) is 0 Å². The van der Waals surface area contributed by atoms with Crippen LogP contribution in [0.25, 0.3) is 32.5 Å². The number of pyridine rings is 1. The topological polar surface area (TPSA) is 150 Å². The van der Waals surface area contributed by atoms with Crippen LogP contribution in [-0.4, -0.2) is 47.0 Å². The molecule has 2 amide bonds. The summed E-state index contributed by atoms with van der Waals surface area (Å²) in [6, 6.07) is 26.6. The number of hydrogen-bond acceptors (Lipinski definition) is 10. The zero-order chi connectivity index (χ0) is 41.9. The molecule has 4 heterocycles. The number of nitrogens with one attached hydrogen (secondary N) is 4. The van der Waals surface area contributed by atoms with E-state index in [-0.39, 0.29) is 36.6 Å². The number of amides is 2. The number of halogens is 2. The summed E-state index contributed by atoms with van der Waals surface area (Å²) in [5.74, 6) is 1.30. The Labute approximate surface area is 367 Å². The third-order valence-corrected chi connectivity index (χ3v) is 13.2. The van der Waals surface area contributed by atoms with Crippen LogP contribution in [0.1, 0.15) is 71.0 Å². The minimum absolute atomic E-state index is 0.0729. The van der Waals surface area contributed by atoms with Crippen LogP contribution in [0, 0.1) is 11.3 Å². The van der Waals surface area contributed by atoms with Crippen LogP contribution in [0.15, 0.2) is 85.2 Å². The average Bonchev–Trinajstić information content (AvgIpc) is 4.08. The van der Waals surface area contributed by atoms with Gasteiger partial charge in [-0.15, -0.1) is 11.3 Å². The first kappa shape index (κ1) is 40.8. The minimum atomic E-state index is -0.249. The molecule has 14 heteroatoms. The van der Waals surface area contributed by atoms with Crippen LogP contribution in [0.3, 0.4) is 0 Å². The Kier molecular flexibility index (Phi) is 12.2. The van der Waals surface area contributed by atoms with Crippen molar-refractivity contribution in [3.8, 4) is 39.8 Å². The fraction of sp³-hybridized carbons (Fsp3) is 0.298. The highest BCUT2D eigenvalue weighted by Gasteiger charge is 2.29. The van der Waals surface area contributed by atoms with Crippen LogP contribution >= 0.6 is 34.5 Å². The summed E-state index contributed by atoms with van der Waals surface area (Å²) < 4.78 is 14.2. The van der Waals surface area contributed by atoms with Gasteiger partial charge in [0.1, 0.15) is 35.3 Å². The first-order chi connectivity index (χ1) is 29.8. The summed E-state index contributed by atoms with van der Waals surface area (Å²) in [5, 5.41) is 24.4. The second-order valence-corrected chi connectivity index (χ2v) is 17.6. The van der Waals surface area contributed by atoms with Gasteiger partial charge in [0.15, 0.2) is 0 Å². The molecule has 2 aliphatic heterocycles. The molecule has 0 saturated carbocycles. The average molecular weight is 873 g/mol. The van der Waals surface area contributed by atoms with Crippen LogP contribution in [0.2, 0.25) is 10.0 Å². The predicted octanol–water partition coefficient (Wildman–Crippen LogP) is 8.59. The third-order valence-electron chi connectivity index (χ3n) is 11.5. The molecule has 3 atom stereocenters. The van der Waals surface area contributed by atoms with E-state index >= 15 is 0 Å². The highest BCUT2D eigenvalue weighted by Crippen LogP contribution is 2.45. The molecule has 0 bridgehead atoms. The molecule has 9 rings (SSSR count). The standard InChI is InChI=1S/C47H43Cl2N7O4S/c48-38-16-30(22-52-23-31-8-13-44(57)54-31)41(59-26-28-15-27(19-50)20-51-21-28)18-42(38)60-40-11-10-35-34(4-2-5-36(35)40)37-6-1-3-33(47(37)49)29-7-12-43-39(17-29)56-46(61-43)25-53-24-32-9-14-45(58)55-32/h1-7,12,15-18,20-21,31-32,40,52-53H,8-11,13-14,22-26H2,(H,54,57)(H,55,58)/t31-,32-,40-/m0/s1. The molecule has 11 nitrogen and oxygen atoms in total. The van der Waals surface area contributed by atoms with Crippen LogP contribution in [0.4, 0.5) is 0 Å². The summed E-state index contributed by atoms with van der Waals surface area (Å²) in [4.78, 5) is 32.4. The Morgan fingerprint density at radius 2 is 1.57 bits per heavy atom. The molecule has 4 aromatic carbocycles. The lowest BCUT2D eigenvalue weighted by molar-refractivity contribution is -0.120. The molecule has 0 unspecified atom stereocenters. The lowest BCUT2D eigenvalue weighted by atomic mass is 9.93. The van der Waals surface area contributed by atoms with Crippen molar-refractivity contribution in [1.29, 1.82) is 5.26 Å². The van der Waals surface area contributed by atoms with E-state index in [1.54, 1.807) is 23.6 Å². The molecule has 4 N–H and O–H groups in total. The Hall–Kier alpha value is -5.55. The first-order valence-corrected chi connectivity index (χ1v) is 22.1. The van der Waals surface area contributed by atoms with Gasteiger partial charge >= 0.3 is 0 Å². The van der Waals surface area contributed by atoms with Crippen LogP contribution < -0.4 is 30.7 Å². The lowest BCUT2D eigenvalue weighted by Crippen LogP contribution is -2.35. The molecule has 3 aliphatic rings. The van der Waals surface area contributed by atoms with E-state index in [4.69, 9.17) is 37.7 Å². The molecule has 2 saturated heterocycles. The number of nitrogens with zero attached hydrogens (tertiary/aromatic N) is 3. The van der Waals surface area contributed by atoms with Crippen molar-refractivity contribution in [3.05, 3.63) is 128 Å². The summed E-state index contributed by atoms with van der Waals surface area (Å²) >= 11 is 15.9. The van der Waals surface area contributed by atoms with Gasteiger partial charge in [-0.3, -0.25) is 14.6 Å². The molecule has 0 spiro atoms. The maximum absolute atomic E-state index is 11.7. The maximum atomic E-state index is 11.7. The van der Waals surface area contributed by atoms with E-state index in [1.807, 2.05) is 12.1 Å². The molecule has 1 aliphatic carbocycles. The van der Waals surface area contributed by atoms with Gasteiger partial charge < -0.3 is 30.7 Å². The van der Waals surface area contributed by atoms with Crippen molar-refractivity contribution in [3.63, 3.8) is 0 Å². The number of hydrogen-bond donors (Lipinski definition) is 4. The number of nitriles is 1. The fourth-order valence-electron chi connectivity index (χ4n) is 8.45. The molecule has 0 radical (unpaired) electrons. The molecule has 2 aromatic heterocycles. The Bertz CT molecular complexity index is 2680. The number of carbonyl (C=O) groups is 2. The Balaban J connectivity index is 0.929. The van der Waals surface area contributed by atoms with Crippen molar-refractivity contribution in [2.45, 2.75) is 76.4 Å². The van der Waals surface area contributed by atoms with E-state index in [0.29, 0.717) is 59.6 Å². The van der Waals surface area contributed by atoms with E-state index in [2.05, 4.69) is 86.9 Å². The minimum Gasteiger partial charge on any atom is -0.488 e. The first-order valence-electron chi connectivity index (χ1n) is 20.5. The fourth-order valence-corrected chi connectivity index (χ4v) is 9.93. The van der Waals surface area contributed by atoms with Gasteiger partial charge in [-0.05, 0) is 72.2 Å². The molecular formula is C47H43Cl2N7O4S. The van der Waals surface area contributed by atoms with E-state index < -0.39 is 0 Å². The highest BCUT2D eigenvalue weighted by molar-refractivity contribution is 7.18. The van der Waals surface area contributed by atoms with Crippen LogP contribution in [0.5, 0.6) is 11.5 Å². The Morgan fingerprint density at radius 3 is 2.34 bits per heavy atom.